The molecule has 17 nitrogen and oxygen atoms in total. The van der Waals surface area contributed by atoms with Gasteiger partial charge in [-0.3, -0.25) is 28.8 Å². The van der Waals surface area contributed by atoms with Crippen molar-refractivity contribution in [3.63, 3.8) is 0 Å². The fraction of sp³-hybridized carbons (Fsp3) is 0.778. The fourth-order valence-electron chi connectivity index (χ4n) is 3.89. The van der Waals surface area contributed by atoms with Gasteiger partial charge in [0.25, 0.3) is 0 Å². The van der Waals surface area contributed by atoms with Crippen LogP contribution in [-0.4, -0.2) is 104 Å². The first-order valence-electron chi connectivity index (χ1n) is 14.8. The van der Waals surface area contributed by atoms with Crippen LogP contribution in [0.1, 0.15) is 59.8 Å². The van der Waals surface area contributed by atoms with Crippen molar-refractivity contribution < 1.29 is 28.8 Å². The lowest BCUT2D eigenvalue weighted by atomic mass is 9.82. The predicted octanol–water partition coefficient (Wildman–Crippen LogP) is -5.10. The normalized spacial score (nSPS) is 16.3. The fourth-order valence-corrected chi connectivity index (χ4v) is 3.89. The highest BCUT2D eigenvalue weighted by Gasteiger charge is 2.33. The van der Waals surface area contributed by atoms with Gasteiger partial charge in [0.2, 0.25) is 23.6 Å². The maximum Gasteiger partial charge on any atom is 0.244 e. The second-order valence-corrected chi connectivity index (χ2v) is 11.8. The molecule has 0 fully saturated rings. The number of Topliss-reactive ketones (excluding diaryl/α,β-unsaturated/α-hetero) is 2. The minimum atomic E-state index is -1.26. The summed E-state index contributed by atoms with van der Waals surface area (Å²) >= 11 is 0. The van der Waals surface area contributed by atoms with Crippen molar-refractivity contribution in [1.29, 1.82) is 0 Å². The van der Waals surface area contributed by atoms with Gasteiger partial charge >= 0.3 is 0 Å². The number of carbonyl (C=O) groups excluding carboxylic acids is 6. The molecule has 7 unspecified atom stereocenters. The Kier molecular flexibility index (Phi) is 18.7. The number of nitrogens with two attached hydrogens (primary N) is 7. The Labute approximate surface area is 259 Å². The van der Waals surface area contributed by atoms with Crippen molar-refractivity contribution in [1.82, 2.24) is 21.3 Å². The maximum absolute atomic E-state index is 13.4. The van der Waals surface area contributed by atoms with Crippen molar-refractivity contribution in [2.75, 3.05) is 26.2 Å². The quantitative estimate of drug-likeness (QED) is 0.0566. The summed E-state index contributed by atoms with van der Waals surface area (Å²) < 4.78 is 0. The number of amides is 4. The molecule has 0 rings (SSSR count). The highest BCUT2D eigenvalue weighted by atomic mass is 16.2. The zero-order valence-electron chi connectivity index (χ0n) is 26.4. The van der Waals surface area contributed by atoms with E-state index in [0.717, 1.165) is 0 Å². The van der Waals surface area contributed by atoms with Gasteiger partial charge in [0.05, 0.1) is 30.2 Å². The van der Waals surface area contributed by atoms with Gasteiger partial charge in [-0.15, -0.1) is 0 Å². The van der Waals surface area contributed by atoms with Crippen molar-refractivity contribution in [3.8, 4) is 0 Å². The molecule has 0 bridgehead atoms. The minimum Gasteiger partial charge on any atom is -0.352 e. The summed E-state index contributed by atoms with van der Waals surface area (Å²) in [4.78, 5) is 76.1. The van der Waals surface area contributed by atoms with Gasteiger partial charge in [-0.05, 0) is 24.7 Å². The Hall–Kier alpha value is -3.06. The molecule has 0 aromatic rings. The van der Waals surface area contributed by atoms with Gasteiger partial charge in [0, 0.05) is 45.1 Å². The van der Waals surface area contributed by atoms with Crippen molar-refractivity contribution in [2.45, 2.75) is 102 Å². The smallest absolute Gasteiger partial charge is 0.244 e. The molecule has 44 heavy (non-hydrogen) atoms. The zero-order chi connectivity index (χ0) is 34.2. The number of hydrogen-bond acceptors (Lipinski definition) is 13. The molecule has 0 aromatic carbocycles. The van der Waals surface area contributed by atoms with Crippen LogP contribution >= 0.6 is 0 Å². The Morgan fingerprint density at radius 3 is 1.50 bits per heavy atom. The van der Waals surface area contributed by atoms with E-state index in [2.05, 4.69) is 21.3 Å². The van der Waals surface area contributed by atoms with E-state index in [9.17, 15) is 28.8 Å². The van der Waals surface area contributed by atoms with E-state index in [-0.39, 0.29) is 63.4 Å². The number of hydrogen-bond donors (Lipinski definition) is 11. The Morgan fingerprint density at radius 1 is 0.591 bits per heavy atom. The summed E-state index contributed by atoms with van der Waals surface area (Å²) in [6.45, 7) is 6.51. The zero-order valence-corrected chi connectivity index (χ0v) is 26.4. The summed E-state index contributed by atoms with van der Waals surface area (Å²) in [5.74, 6) is -3.25. The molecule has 4 amide bonds. The third kappa shape index (κ3) is 14.6. The molecule has 17 heteroatoms. The van der Waals surface area contributed by atoms with Crippen LogP contribution in [0.15, 0.2) is 0 Å². The van der Waals surface area contributed by atoms with Gasteiger partial charge in [-0.25, -0.2) is 0 Å². The van der Waals surface area contributed by atoms with Crippen molar-refractivity contribution >= 4 is 35.2 Å². The van der Waals surface area contributed by atoms with Crippen molar-refractivity contribution in [2.24, 2.45) is 45.6 Å². The number of carbonyl (C=O) groups is 6. The molecule has 0 radical (unpaired) electrons. The second kappa shape index (κ2) is 20.1. The van der Waals surface area contributed by atoms with Crippen LogP contribution in [0.4, 0.5) is 0 Å². The predicted molar refractivity (Wildman–Crippen MR) is 166 cm³/mol. The lowest BCUT2D eigenvalue weighted by Crippen LogP contribution is -2.60. The Bertz CT molecular complexity index is 974. The molecule has 0 aliphatic carbocycles. The SMILES string of the molecule is CCC(N)C(=O)CCC(NC(=O)C(N)CN)C(=O)CCC(NC(=O)C(CNC(=O)C(N)CN)NC(=O)C(N)CN)C(C)(C)C. The van der Waals surface area contributed by atoms with E-state index in [1.54, 1.807) is 6.92 Å². The first-order valence-corrected chi connectivity index (χ1v) is 14.8. The van der Waals surface area contributed by atoms with Crippen LogP contribution in [0.3, 0.4) is 0 Å². The summed E-state index contributed by atoms with van der Waals surface area (Å²) in [6.07, 6.45) is 0.462. The largest absolute Gasteiger partial charge is 0.352 e. The first-order chi connectivity index (χ1) is 20.4. The van der Waals surface area contributed by atoms with Crippen molar-refractivity contribution in [3.05, 3.63) is 0 Å². The van der Waals surface area contributed by atoms with Crippen LogP contribution < -0.4 is 61.4 Å². The molecule has 7 atom stereocenters. The highest BCUT2D eigenvalue weighted by molar-refractivity contribution is 5.93. The molecule has 0 aromatic heterocycles. The van der Waals surface area contributed by atoms with E-state index in [4.69, 9.17) is 40.1 Å². The molecule has 0 aliphatic rings. The molecule has 18 N–H and O–H groups in total. The number of ketones is 2. The van der Waals surface area contributed by atoms with Gasteiger partial charge in [-0.1, -0.05) is 27.7 Å². The second-order valence-electron chi connectivity index (χ2n) is 11.8. The van der Waals surface area contributed by atoms with E-state index < -0.39 is 71.3 Å². The third-order valence-electron chi connectivity index (χ3n) is 7.16. The topological polar surface area (TPSA) is 333 Å². The van der Waals surface area contributed by atoms with Crippen LogP contribution in [0.2, 0.25) is 0 Å². The molecule has 0 heterocycles. The monoisotopic (exact) mass is 629 g/mol. The van der Waals surface area contributed by atoms with E-state index in [0.29, 0.717) is 6.42 Å². The lowest BCUT2D eigenvalue weighted by molar-refractivity contribution is -0.131. The van der Waals surface area contributed by atoms with E-state index in [1.807, 2.05) is 20.8 Å². The van der Waals surface area contributed by atoms with Crippen LogP contribution in [0.5, 0.6) is 0 Å². The molecule has 0 saturated carbocycles. The number of nitrogens with one attached hydrogen (secondary N) is 4. The average Bonchev–Trinajstić information content (AvgIpc) is 2.99. The van der Waals surface area contributed by atoms with Crippen LogP contribution in [0.25, 0.3) is 0 Å². The number of rotatable bonds is 21. The minimum absolute atomic E-state index is 0.0150. The van der Waals surface area contributed by atoms with E-state index >= 15 is 0 Å². The van der Waals surface area contributed by atoms with Crippen LogP contribution in [0, 0.1) is 5.41 Å². The Balaban J connectivity index is 5.83. The molecule has 0 saturated heterocycles. The standard InChI is InChI=1S/C27H55N11O6/c1-5-14(31)20(39)7-6-18(36-24(42)16(33)11-29)21(40)8-9-22(27(2,3)4)38-26(44)19(37-25(43)17(34)12-30)13-35-23(41)15(32)10-28/h14-19,22H,5-13,28-34H2,1-4H3,(H,35,41)(H,36,42)(H,37,43)(H,38,44). The lowest BCUT2D eigenvalue weighted by Gasteiger charge is -2.33. The highest BCUT2D eigenvalue weighted by Crippen LogP contribution is 2.24. The van der Waals surface area contributed by atoms with Gasteiger partial charge in [0.1, 0.15) is 11.8 Å². The van der Waals surface area contributed by atoms with Gasteiger partial charge < -0.3 is 61.4 Å². The van der Waals surface area contributed by atoms with Gasteiger partial charge in [-0.2, -0.15) is 0 Å². The summed E-state index contributed by atoms with van der Waals surface area (Å²) in [7, 11) is 0. The summed E-state index contributed by atoms with van der Waals surface area (Å²) in [5.41, 5.74) is 38.7. The van der Waals surface area contributed by atoms with E-state index in [1.165, 1.54) is 0 Å². The maximum atomic E-state index is 13.4. The average molecular weight is 630 g/mol. The molecular weight excluding hydrogens is 574 g/mol. The molecule has 0 spiro atoms. The third-order valence-corrected chi connectivity index (χ3v) is 7.16. The summed E-state index contributed by atoms with van der Waals surface area (Å²) in [5, 5.41) is 10.4. The molecule has 0 aliphatic heterocycles. The van der Waals surface area contributed by atoms with Gasteiger partial charge in [0.15, 0.2) is 5.78 Å². The summed E-state index contributed by atoms with van der Waals surface area (Å²) in [6, 6.07) is -6.74. The molecule has 254 valence electrons. The Morgan fingerprint density at radius 2 is 1.05 bits per heavy atom. The first kappa shape index (κ1) is 40.9. The molecular formula is C27H55N11O6. The van der Waals surface area contributed by atoms with Crippen LogP contribution in [-0.2, 0) is 28.8 Å².